The summed E-state index contributed by atoms with van der Waals surface area (Å²) in [5.41, 5.74) is 4.00. The molecule has 0 spiro atoms. The zero-order valence-electron chi connectivity index (χ0n) is 16.3. The molecule has 0 aromatic carbocycles. The average molecular weight is 327 g/mol. The first kappa shape index (κ1) is 22.9. The second-order valence-corrected chi connectivity index (χ2v) is 6.99. The van der Waals surface area contributed by atoms with Gasteiger partial charge in [0.15, 0.2) is 0 Å². The Morgan fingerprint density at radius 1 is 0.478 bits per heavy atom. The van der Waals surface area contributed by atoms with Crippen LogP contribution < -0.4 is 5.48 Å². The average Bonchev–Trinajstić information content (AvgIpc) is 2.57. The van der Waals surface area contributed by atoms with E-state index >= 15 is 0 Å². The van der Waals surface area contributed by atoms with Gasteiger partial charge in [0.1, 0.15) is 0 Å². The highest BCUT2D eigenvalue weighted by Crippen LogP contribution is 2.13. The number of hydroxylamine groups is 1. The van der Waals surface area contributed by atoms with Crippen molar-refractivity contribution in [2.24, 2.45) is 0 Å². The Kier molecular flexibility index (Phi) is 21.8. The molecule has 0 aromatic heterocycles. The number of unbranched alkanes of at least 4 members (excludes halogenated alkanes) is 15. The van der Waals surface area contributed by atoms with Crippen LogP contribution in [0.15, 0.2) is 0 Å². The first-order valence-corrected chi connectivity index (χ1v) is 10.7. The summed E-state index contributed by atoms with van der Waals surface area (Å²) in [5.74, 6) is 0. The summed E-state index contributed by atoms with van der Waals surface area (Å²) < 4.78 is 0. The molecule has 2 heteroatoms. The third kappa shape index (κ3) is 21.9. The predicted molar refractivity (Wildman–Crippen MR) is 103 cm³/mol. The maximum atomic E-state index is 5.22. The SMILES string of the molecule is CCCCCCCCCCCCCCCCCCO[N]CCC. The van der Waals surface area contributed by atoms with Gasteiger partial charge in [0, 0.05) is 6.54 Å². The monoisotopic (exact) mass is 326 g/mol. The lowest BCUT2D eigenvalue weighted by Gasteiger charge is -2.04. The summed E-state index contributed by atoms with van der Waals surface area (Å²) in [6.07, 6.45) is 23.7. The highest BCUT2D eigenvalue weighted by atomic mass is 16.6. The lowest BCUT2D eigenvalue weighted by atomic mass is 10.0. The van der Waals surface area contributed by atoms with Crippen molar-refractivity contribution in [3.8, 4) is 0 Å². The molecule has 0 bridgehead atoms. The Balaban J connectivity index is 2.92. The van der Waals surface area contributed by atoms with E-state index in [1.165, 1.54) is 103 Å². The van der Waals surface area contributed by atoms with Crippen LogP contribution in [0, 0.1) is 0 Å². The fourth-order valence-corrected chi connectivity index (χ4v) is 2.94. The van der Waals surface area contributed by atoms with E-state index in [0.717, 1.165) is 19.6 Å². The number of nitrogens with zero attached hydrogens (tertiary/aromatic N) is 1. The summed E-state index contributed by atoms with van der Waals surface area (Å²) in [4.78, 5) is 5.22. The molecule has 0 saturated carbocycles. The first-order valence-electron chi connectivity index (χ1n) is 10.7. The third-order valence-corrected chi connectivity index (χ3v) is 4.50. The molecule has 0 rings (SSSR count). The third-order valence-electron chi connectivity index (χ3n) is 4.50. The topological polar surface area (TPSA) is 23.3 Å². The molecule has 23 heavy (non-hydrogen) atoms. The van der Waals surface area contributed by atoms with Gasteiger partial charge in [-0.05, 0) is 12.8 Å². The minimum atomic E-state index is 0.818. The summed E-state index contributed by atoms with van der Waals surface area (Å²) in [6, 6.07) is 0. The van der Waals surface area contributed by atoms with Gasteiger partial charge in [-0.1, -0.05) is 116 Å². The molecule has 0 unspecified atom stereocenters. The fraction of sp³-hybridized carbons (Fsp3) is 1.00. The molecule has 0 heterocycles. The van der Waals surface area contributed by atoms with Crippen molar-refractivity contribution < 1.29 is 4.84 Å². The van der Waals surface area contributed by atoms with Gasteiger partial charge in [0.25, 0.3) is 0 Å². The van der Waals surface area contributed by atoms with E-state index in [4.69, 9.17) is 4.84 Å². The van der Waals surface area contributed by atoms with Crippen molar-refractivity contribution in [1.29, 1.82) is 0 Å². The summed E-state index contributed by atoms with van der Waals surface area (Å²) >= 11 is 0. The highest BCUT2D eigenvalue weighted by Gasteiger charge is 1.95. The standard InChI is InChI=1S/C21H44NO/c1-3-5-6-7-8-9-10-11-12-13-14-15-16-17-18-19-21-23-22-20-4-2/h3-21H2,1-2H3. The van der Waals surface area contributed by atoms with Crippen molar-refractivity contribution >= 4 is 0 Å². The van der Waals surface area contributed by atoms with Crippen molar-refractivity contribution in [2.75, 3.05) is 13.2 Å². The van der Waals surface area contributed by atoms with Crippen LogP contribution in [0.4, 0.5) is 0 Å². The zero-order chi connectivity index (χ0) is 16.8. The van der Waals surface area contributed by atoms with Gasteiger partial charge in [-0.2, -0.15) is 0 Å². The van der Waals surface area contributed by atoms with Crippen LogP contribution in [0.2, 0.25) is 0 Å². The fourth-order valence-electron chi connectivity index (χ4n) is 2.94. The first-order chi connectivity index (χ1) is 11.4. The molecule has 0 saturated heterocycles. The molecule has 0 aliphatic carbocycles. The van der Waals surface area contributed by atoms with E-state index in [9.17, 15) is 0 Å². The lowest BCUT2D eigenvalue weighted by molar-refractivity contribution is 0.0306. The van der Waals surface area contributed by atoms with Gasteiger partial charge in [-0.25, -0.2) is 0 Å². The molecule has 0 atom stereocenters. The molecule has 0 aromatic rings. The van der Waals surface area contributed by atoms with E-state index < -0.39 is 0 Å². The molecule has 0 N–H and O–H groups in total. The number of hydrogen-bond acceptors (Lipinski definition) is 1. The van der Waals surface area contributed by atoms with E-state index in [1.807, 2.05) is 0 Å². The molecular formula is C21H44NO. The van der Waals surface area contributed by atoms with Gasteiger partial charge in [-0.3, -0.25) is 4.84 Å². The van der Waals surface area contributed by atoms with Crippen LogP contribution in [0.3, 0.4) is 0 Å². The Morgan fingerprint density at radius 2 is 0.870 bits per heavy atom. The quantitative estimate of drug-likeness (QED) is 0.171. The minimum Gasteiger partial charge on any atom is -0.282 e. The van der Waals surface area contributed by atoms with Crippen molar-refractivity contribution in [3.05, 3.63) is 0 Å². The van der Waals surface area contributed by atoms with Crippen LogP contribution >= 0.6 is 0 Å². The number of rotatable bonds is 20. The summed E-state index contributed by atoms with van der Waals surface area (Å²) in [6.45, 7) is 6.08. The normalized spacial score (nSPS) is 11.2. The van der Waals surface area contributed by atoms with Crippen molar-refractivity contribution in [1.82, 2.24) is 5.48 Å². The second-order valence-electron chi connectivity index (χ2n) is 6.99. The Hall–Kier alpha value is -0.0800. The van der Waals surface area contributed by atoms with E-state index in [0.29, 0.717) is 0 Å². The van der Waals surface area contributed by atoms with Gasteiger partial charge < -0.3 is 0 Å². The smallest absolute Gasteiger partial charge is 0.0702 e. The van der Waals surface area contributed by atoms with Gasteiger partial charge in [-0.15, -0.1) is 0 Å². The number of hydrogen-bond donors (Lipinski definition) is 0. The van der Waals surface area contributed by atoms with E-state index in [-0.39, 0.29) is 0 Å². The minimum absolute atomic E-state index is 0.818. The van der Waals surface area contributed by atoms with E-state index in [2.05, 4.69) is 19.3 Å². The Labute approximate surface area is 147 Å². The highest BCUT2D eigenvalue weighted by molar-refractivity contribution is 4.49. The van der Waals surface area contributed by atoms with Crippen LogP contribution in [-0.2, 0) is 4.84 Å². The van der Waals surface area contributed by atoms with Crippen LogP contribution in [-0.4, -0.2) is 13.2 Å². The van der Waals surface area contributed by atoms with Crippen LogP contribution in [0.1, 0.15) is 123 Å². The van der Waals surface area contributed by atoms with Crippen molar-refractivity contribution in [3.63, 3.8) is 0 Å². The van der Waals surface area contributed by atoms with Gasteiger partial charge in [0.2, 0.25) is 0 Å². The molecular weight excluding hydrogens is 282 g/mol. The predicted octanol–water partition coefficient (Wildman–Crippen LogP) is 7.19. The zero-order valence-corrected chi connectivity index (χ0v) is 16.3. The molecule has 0 amide bonds. The molecule has 0 aliphatic heterocycles. The maximum absolute atomic E-state index is 5.22. The molecule has 0 aliphatic rings. The maximum Gasteiger partial charge on any atom is 0.0702 e. The van der Waals surface area contributed by atoms with Gasteiger partial charge >= 0.3 is 0 Å². The largest absolute Gasteiger partial charge is 0.282 e. The van der Waals surface area contributed by atoms with Crippen LogP contribution in [0.25, 0.3) is 0 Å². The Morgan fingerprint density at radius 3 is 1.26 bits per heavy atom. The molecule has 1 radical (unpaired) electrons. The van der Waals surface area contributed by atoms with E-state index in [1.54, 1.807) is 0 Å². The molecule has 2 nitrogen and oxygen atoms in total. The lowest BCUT2D eigenvalue weighted by Crippen LogP contribution is -2.08. The molecule has 139 valence electrons. The van der Waals surface area contributed by atoms with Gasteiger partial charge in [0.05, 0.1) is 6.61 Å². The summed E-state index contributed by atoms with van der Waals surface area (Å²) in [5, 5.41) is 0. The summed E-state index contributed by atoms with van der Waals surface area (Å²) in [7, 11) is 0. The van der Waals surface area contributed by atoms with Crippen molar-refractivity contribution in [2.45, 2.75) is 123 Å². The molecule has 0 fully saturated rings. The second kappa shape index (κ2) is 21.9. The van der Waals surface area contributed by atoms with Crippen LogP contribution in [0.5, 0.6) is 0 Å². The Bertz CT molecular complexity index is 176.